The van der Waals surface area contributed by atoms with E-state index < -0.39 is 0 Å². The van der Waals surface area contributed by atoms with Gasteiger partial charge in [-0.2, -0.15) is 0 Å². The highest BCUT2D eigenvalue weighted by Gasteiger charge is 2.36. The summed E-state index contributed by atoms with van der Waals surface area (Å²) in [6.07, 6.45) is 1.99. The summed E-state index contributed by atoms with van der Waals surface area (Å²) in [6.45, 7) is 1.54. The summed E-state index contributed by atoms with van der Waals surface area (Å²) in [7, 11) is 0. The van der Waals surface area contributed by atoms with Crippen LogP contribution in [0.2, 0.25) is 0 Å². The Morgan fingerprint density at radius 1 is 1.56 bits per heavy atom. The highest BCUT2D eigenvalue weighted by Crippen LogP contribution is 2.32. The molecule has 0 bridgehead atoms. The number of nitrogens with two attached hydrogens (primary N) is 1. The van der Waals surface area contributed by atoms with Crippen molar-refractivity contribution in [1.82, 2.24) is 10.2 Å². The van der Waals surface area contributed by atoms with Crippen molar-refractivity contribution in [3.05, 3.63) is 35.6 Å². The third-order valence-corrected chi connectivity index (χ3v) is 3.07. The van der Waals surface area contributed by atoms with Crippen molar-refractivity contribution in [3.63, 3.8) is 0 Å². The zero-order valence-corrected chi connectivity index (χ0v) is 8.77. The van der Waals surface area contributed by atoms with E-state index in [1.54, 1.807) is 17.2 Å². The van der Waals surface area contributed by atoms with Crippen LogP contribution in [0.4, 0.5) is 0 Å². The molecule has 1 aromatic heterocycles. The smallest absolute Gasteiger partial charge is 0.232 e. The number of carbonyl (C=O) groups excluding carboxylic acids is 1. The van der Waals surface area contributed by atoms with E-state index in [9.17, 15) is 4.79 Å². The van der Waals surface area contributed by atoms with Gasteiger partial charge < -0.3 is 15.5 Å². The van der Waals surface area contributed by atoms with Gasteiger partial charge in [-0.05, 0) is 12.1 Å². The maximum absolute atomic E-state index is 11.7. The second kappa shape index (κ2) is 3.38. The number of nitrogens with one attached hydrogen (secondary N) is 1. The van der Waals surface area contributed by atoms with E-state index in [2.05, 4.69) is 5.32 Å². The Hall–Kier alpha value is -1.75. The van der Waals surface area contributed by atoms with Crippen LogP contribution in [0.1, 0.15) is 18.2 Å². The normalized spacial score (nSPS) is 21.3. The van der Waals surface area contributed by atoms with Gasteiger partial charge in [-0.15, -0.1) is 0 Å². The van der Waals surface area contributed by atoms with Gasteiger partial charge in [0.25, 0.3) is 0 Å². The molecule has 3 rings (SSSR count). The second-order valence-electron chi connectivity index (χ2n) is 4.02. The minimum absolute atomic E-state index is 0.122. The van der Waals surface area contributed by atoms with Gasteiger partial charge in [-0.1, -0.05) is 0 Å². The fourth-order valence-electron chi connectivity index (χ4n) is 2.27. The average Bonchev–Trinajstić information content (AvgIpc) is 2.94. The van der Waals surface area contributed by atoms with Gasteiger partial charge in [-0.25, -0.2) is 0 Å². The van der Waals surface area contributed by atoms with Crippen molar-refractivity contribution in [2.75, 3.05) is 13.1 Å². The van der Waals surface area contributed by atoms with Crippen molar-refractivity contribution < 1.29 is 9.21 Å². The van der Waals surface area contributed by atoms with Crippen molar-refractivity contribution in [1.29, 1.82) is 0 Å². The van der Waals surface area contributed by atoms with Crippen LogP contribution in [0, 0.1) is 0 Å². The third-order valence-electron chi connectivity index (χ3n) is 3.07. The maximum atomic E-state index is 11.7. The molecule has 1 aromatic rings. The SMILES string of the molecule is NC(C1=C2NCCN2C(=O)C1)c1ccco1. The van der Waals surface area contributed by atoms with Gasteiger partial charge >= 0.3 is 0 Å². The Labute approximate surface area is 92.9 Å². The molecule has 5 nitrogen and oxygen atoms in total. The molecule has 1 saturated heterocycles. The van der Waals surface area contributed by atoms with Gasteiger partial charge in [0.2, 0.25) is 5.91 Å². The molecule has 2 aliphatic rings. The molecule has 0 radical (unpaired) electrons. The summed E-state index contributed by atoms with van der Waals surface area (Å²) in [5, 5.41) is 3.20. The summed E-state index contributed by atoms with van der Waals surface area (Å²) >= 11 is 0. The molecule has 0 aromatic carbocycles. The van der Waals surface area contributed by atoms with E-state index in [4.69, 9.17) is 10.2 Å². The van der Waals surface area contributed by atoms with E-state index in [-0.39, 0.29) is 11.9 Å². The van der Waals surface area contributed by atoms with Gasteiger partial charge in [-0.3, -0.25) is 9.69 Å². The lowest BCUT2D eigenvalue weighted by Crippen LogP contribution is -2.21. The third kappa shape index (κ3) is 1.25. The first kappa shape index (κ1) is 9.47. The fourth-order valence-corrected chi connectivity index (χ4v) is 2.27. The van der Waals surface area contributed by atoms with E-state index in [0.29, 0.717) is 12.2 Å². The molecule has 5 heteroatoms. The lowest BCUT2D eigenvalue weighted by atomic mass is 10.0. The molecule has 0 spiro atoms. The van der Waals surface area contributed by atoms with E-state index in [1.807, 2.05) is 6.07 Å². The lowest BCUT2D eigenvalue weighted by molar-refractivity contribution is -0.126. The number of carbonyl (C=O) groups is 1. The number of hydrogen-bond donors (Lipinski definition) is 2. The Morgan fingerprint density at radius 3 is 3.19 bits per heavy atom. The minimum Gasteiger partial charge on any atom is -0.467 e. The first-order valence-electron chi connectivity index (χ1n) is 5.33. The molecule has 3 heterocycles. The van der Waals surface area contributed by atoms with E-state index >= 15 is 0 Å². The van der Waals surface area contributed by atoms with Crippen molar-refractivity contribution in [2.45, 2.75) is 12.5 Å². The average molecular weight is 219 g/mol. The number of amides is 1. The standard InChI is InChI=1S/C11H13N3O2/c12-10(8-2-1-5-16-8)7-6-9(15)14-4-3-13-11(7)14/h1-2,5,10,13H,3-4,6,12H2. The number of nitrogens with zero attached hydrogens (tertiary/aromatic N) is 1. The molecule has 16 heavy (non-hydrogen) atoms. The summed E-state index contributed by atoms with van der Waals surface area (Å²) < 4.78 is 5.27. The van der Waals surface area contributed by atoms with Crippen LogP contribution in [0.3, 0.4) is 0 Å². The summed E-state index contributed by atoms with van der Waals surface area (Å²) in [6, 6.07) is 3.31. The summed E-state index contributed by atoms with van der Waals surface area (Å²) in [5.41, 5.74) is 7.02. The Bertz CT molecular complexity index is 450. The van der Waals surface area contributed by atoms with Crippen LogP contribution in [0.15, 0.2) is 34.2 Å². The van der Waals surface area contributed by atoms with Gasteiger partial charge in [0.1, 0.15) is 11.6 Å². The van der Waals surface area contributed by atoms with Crippen LogP contribution >= 0.6 is 0 Å². The number of furan rings is 1. The Balaban J connectivity index is 1.95. The topological polar surface area (TPSA) is 71.5 Å². The molecule has 3 N–H and O–H groups in total. The maximum Gasteiger partial charge on any atom is 0.232 e. The zero-order valence-electron chi connectivity index (χ0n) is 8.77. The molecule has 0 aliphatic carbocycles. The largest absolute Gasteiger partial charge is 0.467 e. The lowest BCUT2D eigenvalue weighted by Gasteiger charge is -2.12. The first-order chi connectivity index (χ1) is 7.77. The van der Waals surface area contributed by atoms with Crippen LogP contribution in [-0.2, 0) is 4.79 Å². The Kier molecular flexibility index (Phi) is 2.00. The molecule has 1 amide bonds. The minimum atomic E-state index is -0.329. The molecule has 2 aliphatic heterocycles. The van der Waals surface area contributed by atoms with Crippen molar-refractivity contribution in [2.24, 2.45) is 5.73 Å². The molecule has 0 saturated carbocycles. The predicted molar refractivity (Wildman–Crippen MR) is 57.0 cm³/mol. The first-order valence-corrected chi connectivity index (χ1v) is 5.33. The monoisotopic (exact) mass is 219 g/mol. The van der Waals surface area contributed by atoms with Crippen molar-refractivity contribution in [3.8, 4) is 0 Å². The van der Waals surface area contributed by atoms with Crippen LogP contribution in [-0.4, -0.2) is 23.9 Å². The zero-order chi connectivity index (χ0) is 11.1. The van der Waals surface area contributed by atoms with Crippen LogP contribution in [0.5, 0.6) is 0 Å². The summed E-state index contributed by atoms with van der Waals surface area (Å²) in [5.74, 6) is 1.71. The molecular formula is C11H13N3O2. The van der Waals surface area contributed by atoms with Crippen molar-refractivity contribution >= 4 is 5.91 Å². The van der Waals surface area contributed by atoms with Gasteiger partial charge in [0.05, 0.1) is 18.7 Å². The molecule has 1 unspecified atom stereocenters. The predicted octanol–water partition coefficient (Wildman–Crippen LogP) is 0.327. The van der Waals surface area contributed by atoms with Crippen LogP contribution < -0.4 is 11.1 Å². The van der Waals surface area contributed by atoms with Gasteiger partial charge in [0.15, 0.2) is 0 Å². The number of fused-ring (bicyclic) bond motifs is 1. The molecular weight excluding hydrogens is 206 g/mol. The van der Waals surface area contributed by atoms with Crippen LogP contribution in [0.25, 0.3) is 0 Å². The highest BCUT2D eigenvalue weighted by atomic mass is 16.3. The number of hydrogen-bond acceptors (Lipinski definition) is 4. The number of rotatable bonds is 2. The highest BCUT2D eigenvalue weighted by molar-refractivity contribution is 5.85. The molecule has 1 fully saturated rings. The van der Waals surface area contributed by atoms with E-state index in [0.717, 1.165) is 24.5 Å². The summed E-state index contributed by atoms with van der Waals surface area (Å²) in [4.78, 5) is 13.5. The fraction of sp³-hybridized carbons (Fsp3) is 0.364. The van der Waals surface area contributed by atoms with Gasteiger partial charge in [0, 0.05) is 18.7 Å². The molecule has 1 atom stereocenters. The van der Waals surface area contributed by atoms with E-state index in [1.165, 1.54) is 0 Å². The quantitative estimate of drug-likeness (QED) is 0.751. The Morgan fingerprint density at radius 2 is 2.44 bits per heavy atom. The second-order valence-corrected chi connectivity index (χ2v) is 4.02. The molecule has 84 valence electrons.